The second-order valence-corrected chi connectivity index (χ2v) is 8.11. The summed E-state index contributed by atoms with van der Waals surface area (Å²) in [6, 6.07) is 8.65. The lowest BCUT2D eigenvalue weighted by Crippen LogP contribution is -2.47. The van der Waals surface area contributed by atoms with E-state index in [9.17, 15) is 18.0 Å². The van der Waals surface area contributed by atoms with Crippen molar-refractivity contribution >= 4 is 21.8 Å². The number of nitrogens with one attached hydrogen (secondary N) is 1. The van der Waals surface area contributed by atoms with Gasteiger partial charge in [0.2, 0.25) is 11.8 Å². The second kappa shape index (κ2) is 6.95. The molecular weight excluding hydrogens is 356 g/mol. The van der Waals surface area contributed by atoms with Crippen LogP contribution in [0.2, 0.25) is 0 Å². The second-order valence-electron chi connectivity index (χ2n) is 6.29. The lowest BCUT2D eigenvalue weighted by atomic mass is 10.2. The van der Waals surface area contributed by atoms with Gasteiger partial charge in [-0.3, -0.25) is 9.59 Å². The van der Waals surface area contributed by atoms with Crippen LogP contribution in [0.25, 0.3) is 0 Å². The number of carbonyl (C=O) groups is 2. The summed E-state index contributed by atoms with van der Waals surface area (Å²) >= 11 is 0. The van der Waals surface area contributed by atoms with Crippen molar-refractivity contribution in [2.75, 3.05) is 0 Å². The van der Waals surface area contributed by atoms with Crippen LogP contribution >= 0.6 is 0 Å². The van der Waals surface area contributed by atoms with Gasteiger partial charge in [0.15, 0.2) is 0 Å². The van der Waals surface area contributed by atoms with Crippen molar-refractivity contribution in [2.24, 2.45) is 0 Å². The van der Waals surface area contributed by atoms with E-state index in [0.717, 1.165) is 5.56 Å². The summed E-state index contributed by atoms with van der Waals surface area (Å²) in [7, 11) is -4.08. The summed E-state index contributed by atoms with van der Waals surface area (Å²) in [6.07, 6.45) is 0.177. The van der Waals surface area contributed by atoms with Gasteiger partial charge in [-0.05, 0) is 44.5 Å². The zero-order valence-electron chi connectivity index (χ0n) is 14.6. The predicted octanol–water partition coefficient (Wildman–Crippen LogP) is 1.89. The summed E-state index contributed by atoms with van der Waals surface area (Å²) in [5.41, 5.74) is 0.903. The normalized spacial score (nSPS) is 17.5. The zero-order valence-corrected chi connectivity index (χ0v) is 15.4. The fourth-order valence-corrected chi connectivity index (χ4v) is 4.50. The van der Waals surface area contributed by atoms with Crippen molar-refractivity contribution in [3.63, 3.8) is 0 Å². The number of benzene rings is 1. The molecule has 0 radical (unpaired) electrons. The van der Waals surface area contributed by atoms with Crippen molar-refractivity contribution in [3.8, 4) is 0 Å². The highest BCUT2D eigenvalue weighted by molar-refractivity contribution is 7.89. The van der Waals surface area contributed by atoms with Crippen LogP contribution in [0.4, 0.5) is 0 Å². The van der Waals surface area contributed by atoms with Crippen LogP contribution in [0, 0.1) is 13.8 Å². The van der Waals surface area contributed by atoms with Crippen LogP contribution in [0.15, 0.2) is 45.7 Å². The summed E-state index contributed by atoms with van der Waals surface area (Å²) in [5.74, 6) is 0.196. The molecule has 2 amide bonds. The number of sulfonamides is 1. The minimum atomic E-state index is -4.08. The summed E-state index contributed by atoms with van der Waals surface area (Å²) in [4.78, 5) is 24.7. The van der Waals surface area contributed by atoms with Gasteiger partial charge in [0.25, 0.3) is 10.0 Å². The van der Waals surface area contributed by atoms with Crippen molar-refractivity contribution in [1.29, 1.82) is 0 Å². The topological polar surface area (TPSA) is 96.7 Å². The number of hydrogen-bond acceptors (Lipinski definition) is 5. The molecule has 2 heterocycles. The van der Waals surface area contributed by atoms with Crippen molar-refractivity contribution in [3.05, 3.63) is 53.5 Å². The minimum Gasteiger partial charge on any atom is -0.465 e. The molecule has 0 aliphatic carbocycles. The van der Waals surface area contributed by atoms with E-state index in [1.54, 1.807) is 31.2 Å². The van der Waals surface area contributed by atoms with Gasteiger partial charge >= 0.3 is 0 Å². The van der Waals surface area contributed by atoms with Gasteiger partial charge in [-0.15, -0.1) is 0 Å². The molecule has 0 saturated carbocycles. The number of carbonyl (C=O) groups excluding carboxylic acids is 2. The Labute approximate surface area is 152 Å². The summed E-state index contributed by atoms with van der Waals surface area (Å²) in [5, 5.41) is 2.65. The summed E-state index contributed by atoms with van der Waals surface area (Å²) < 4.78 is 31.8. The van der Waals surface area contributed by atoms with Gasteiger partial charge < -0.3 is 9.73 Å². The molecule has 1 aliphatic heterocycles. The number of furan rings is 1. The molecule has 138 valence electrons. The highest BCUT2D eigenvalue weighted by Crippen LogP contribution is 2.27. The molecule has 1 N–H and O–H groups in total. The number of hydrogen-bond donors (Lipinski definition) is 1. The standard InChI is InChI=1S/C18H20N2O5S/c1-12-3-7-15(8-4-12)26(23,24)20-16(9-10-17(20)21)18(22)19-11-14-6-5-13(2)25-14/h3-8,16H,9-11H2,1-2H3,(H,19,22)/t16-/m1/s1. The molecule has 8 heteroatoms. The van der Waals surface area contributed by atoms with Crippen LogP contribution in [-0.2, 0) is 26.2 Å². The lowest BCUT2D eigenvalue weighted by Gasteiger charge is -2.23. The van der Waals surface area contributed by atoms with E-state index < -0.39 is 27.9 Å². The first-order valence-corrected chi connectivity index (χ1v) is 9.70. The molecule has 1 aliphatic rings. The van der Waals surface area contributed by atoms with Crippen LogP contribution < -0.4 is 5.32 Å². The zero-order chi connectivity index (χ0) is 18.9. The van der Waals surface area contributed by atoms with E-state index in [1.165, 1.54) is 12.1 Å². The SMILES string of the molecule is Cc1ccc(S(=O)(=O)N2C(=O)CC[C@@H]2C(=O)NCc2ccc(C)o2)cc1. The van der Waals surface area contributed by atoms with Crippen molar-refractivity contribution in [1.82, 2.24) is 9.62 Å². The molecule has 1 saturated heterocycles. The largest absolute Gasteiger partial charge is 0.465 e. The van der Waals surface area contributed by atoms with Crippen LogP contribution in [0.1, 0.15) is 29.9 Å². The molecule has 2 aromatic rings. The molecule has 0 unspecified atom stereocenters. The number of aryl methyl sites for hydroxylation is 2. The van der Waals surface area contributed by atoms with E-state index in [1.807, 2.05) is 6.92 Å². The molecule has 0 bridgehead atoms. The Bertz CT molecular complexity index is 931. The van der Waals surface area contributed by atoms with Gasteiger partial charge in [-0.2, -0.15) is 0 Å². The predicted molar refractivity (Wildman–Crippen MR) is 93.5 cm³/mol. The van der Waals surface area contributed by atoms with E-state index in [2.05, 4.69) is 5.32 Å². The van der Waals surface area contributed by atoms with Crippen molar-refractivity contribution < 1.29 is 22.4 Å². The Balaban J connectivity index is 1.79. The molecule has 0 spiro atoms. The Hall–Kier alpha value is -2.61. The van der Waals surface area contributed by atoms with E-state index >= 15 is 0 Å². The third-order valence-electron chi connectivity index (χ3n) is 4.27. The quantitative estimate of drug-likeness (QED) is 0.860. The molecule has 1 aromatic heterocycles. The average Bonchev–Trinajstić information content (AvgIpc) is 3.19. The maximum atomic E-state index is 12.9. The Kier molecular flexibility index (Phi) is 4.86. The fourth-order valence-electron chi connectivity index (χ4n) is 2.90. The third-order valence-corrected chi connectivity index (χ3v) is 6.12. The Morgan fingerprint density at radius 2 is 1.88 bits per heavy atom. The summed E-state index contributed by atoms with van der Waals surface area (Å²) in [6.45, 7) is 3.76. The molecule has 26 heavy (non-hydrogen) atoms. The molecule has 1 aromatic carbocycles. The van der Waals surface area contributed by atoms with Crippen molar-refractivity contribution in [2.45, 2.75) is 44.2 Å². The highest BCUT2D eigenvalue weighted by Gasteiger charge is 2.44. The molecule has 3 rings (SSSR count). The number of rotatable bonds is 5. The van der Waals surface area contributed by atoms with Gasteiger partial charge in [0.1, 0.15) is 17.6 Å². The molecular formula is C18H20N2O5S. The number of amides is 2. The van der Waals surface area contributed by atoms with E-state index in [-0.39, 0.29) is 24.3 Å². The van der Waals surface area contributed by atoms with E-state index in [4.69, 9.17) is 4.42 Å². The first-order valence-electron chi connectivity index (χ1n) is 8.26. The monoisotopic (exact) mass is 376 g/mol. The molecule has 1 atom stereocenters. The maximum absolute atomic E-state index is 12.9. The minimum absolute atomic E-state index is 0.00203. The van der Waals surface area contributed by atoms with Crippen LogP contribution in [0.3, 0.4) is 0 Å². The number of nitrogens with zero attached hydrogens (tertiary/aromatic N) is 1. The average molecular weight is 376 g/mol. The third kappa shape index (κ3) is 3.50. The van der Waals surface area contributed by atoms with Crippen LogP contribution in [0.5, 0.6) is 0 Å². The lowest BCUT2D eigenvalue weighted by molar-refractivity contribution is -0.130. The van der Waals surface area contributed by atoms with Crippen LogP contribution in [-0.4, -0.2) is 30.6 Å². The smallest absolute Gasteiger partial charge is 0.267 e. The first-order chi connectivity index (χ1) is 12.3. The highest BCUT2D eigenvalue weighted by atomic mass is 32.2. The molecule has 7 nitrogen and oxygen atoms in total. The van der Waals surface area contributed by atoms with Gasteiger partial charge in [0, 0.05) is 6.42 Å². The Morgan fingerprint density at radius 3 is 2.50 bits per heavy atom. The van der Waals surface area contributed by atoms with Gasteiger partial charge in [-0.1, -0.05) is 17.7 Å². The Morgan fingerprint density at radius 1 is 1.19 bits per heavy atom. The first kappa shape index (κ1) is 18.2. The van der Waals surface area contributed by atoms with E-state index in [0.29, 0.717) is 15.8 Å². The fraction of sp³-hybridized carbons (Fsp3) is 0.333. The van der Waals surface area contributed by atoms with Gasteiger partial charge in [-0.25, -0.2) is 12.7 Å². The molecule has 1 fully saturated rings. The van der Waals surface area contributed by atoms with Gasteiger partial charge in [0.05, 0.1) is 11.4 Å². The maximum Gasteiger partial charge on any atom is 0.267 e.